The normalized spacial score (nSPS) is 11.4. The third-order valence-electron chi connectivity index (χ3n) is 4.74. The summed E-state index contributed by atoms with van der Waals surface area (Å²) in [7, 11) is -3.88. The number of H-pyrrole nitrogens is 1. The minimum Gasteiger partial charge on any atom is -0.385 e. The molecule has 0 saturated carbocycles. The van der Waals surface area contributed by atoms with Crippen LogP contribution in [-0.2, 0) is 16.6 Å². The summed E-state index contributed by atoms with van der Waals surface area (Å²) in [5, 5.41) is 13.0. The molecule has 32 heavy (non-hydrogen) atoms. The van der Waals surface area contributed by atoms with Crippen molar-refractivity contribution in [3.05, 3.63) is 71.5 Å². The van der Waals surface area contributed by atoms with Crippen LogP contribution in [0, 0.1) is 12.8 Å². The van der Waals surface area contributed by atoms with E-state index in [0.717, 1.165) is 12.1 Å². The van der Waals surface area contributed by atoms with E-state index in [1.54, 1.807) is 42.5 Å². The summed E-state index contributed by atoms with van der Waals surface area (Å²) in [4.78, 5) is 12.8. The Morgan fingerprint density at radius 1 is 1.06 bits per heavy atom. The van der Waals surface area contributed by atoms with Gasteiger partial charge in [0, 0.05) is 29.2 Å². The average Bonchev–Trinajstić information content (AvgIpc) is 3.17. The lowest BCUT2D eigenvalue weighted by molar-refractivity contribution is 0.0950. The number of amides is 1. The number of rotatable bonds is 10. The van der Waals surface area contributed by atoms with Crippen LogP contribution < -0.4 is 15.4 Å². The number of carbonyl (C=O) groups is 1. The molecular formula is C23H29N5O3S. The summed E-state index contributed by atoms with van der Waals surface area (Å²) in [5.41, 5.74) is 2.86. The summed E-state index contributed by atoms with van der Waals surface area (Å²) in [6, 6.07) is 15.1. The van der Waals surface area contributed by atoms with E-state index in [9.17, 15) is 13.2 Å². The summed E-state index contributed by atoms with van der Waals surface area (Å²) < 4.78 is 28.6. The van der Waals surface area contributed by atoms with Crippen molar-refractivity contribution in [1.82, 2.24) is 15.5 Å². The van der Waals surface area contributed by atoms with E-state index in [1.165, 1.54) is 6.07 Å². The van der Waals surface area contributed by atoms with Gasteiger partial charge in [-0.3, -0.25) is 14.6 Å². The van der Waals surface area contributed by atoms with Gasteiger partial charge in [0.05, 0.1) is 17.1 Å². The monoisotopic (exact) mass is 455 g/mol. The number of benzene rings is 2. The van der Waals surface area contributed by atoms with Gasteiger partial charge in [-0.1, -0.05) is 32.0 Å². The van der Waals surface area contributed by atoms with Crippen LogP contribution in [0.15, 0.2) is 59.5 Å². The second kappa shape index (κ2) is 10.3. The maximum Gasteiger partial charge on any atom is 0.261 e. The van der Waals surface area contributed by atoms with Crippen LogP contribution in [0.25, 0.3) is 0 Å². The van der Waals surface area contributed by atoms with Gasteiger partial charge in [0.25, 0.3) is 15.9 Å². The Bertz CT molecular complexity index is 1160. The van der Waals surface area contributed by atoms with Gasteiger partial charge < -0.3 is 10.6 Å². The molecule has 2 aromatic carbocycles. The van der Waals surface area contributed by atoms with Crippen molar-refractivity contribution >= 4 is 27.3 Å². The predicted molar refractivity (Wildman–Crippen MR) is 126 cm³/mol. The molecule has 0 aliphatic carbocycles. The van der Waals surface area contributed by atoms with Crippen LogP contribution >= 0.6 is 0 Å². The minimum absolute atomic E-state index is 0.0108. The number of nitrogens with zero attached hydrogens (tertiary/aromatic N) is 1. The largest absolute Gasteiger partial charge is 0.385 e. The molecule has 0 spiro atoms. The molecule has 9 heteroatoms. The molecule has 8 nitrogen and oxygen atoms in total. The van der Waals surface area contributed by atoms with E-state index in [2.05, 4.69) is 39.4 Å². The van der Waals surface area contributed by atoms with E-state index in [1.807, 2.05) is 13.0 Å². The van der Waals surface area contributed by atoms with Crippen molar-refractivity contribution in [1.29, 1.82) is 0 Å². The standard InChI is InChI=1S/C23H29N5O3S/c1-16(2)9-10-24-20-12-18(23(29)25-15-21-11-17(3)26-27-21)13-22(14-20)32(30,31)28-19-7-5-4-6-8-19/h4-8,11-14,16,24,28H,9-10,15H2,1-3H3,(H,25,29)(H,26,27). The van der Waals surface area contributed by atoms with E-state index in [4.69, 9.17) is 0 Å². The molecule has 0 unspecified atom stereocenters. The first-order chi connectivity index (χ1) is 15.2. The molecule has 4 N–H and O–H groups in total. The maximum atomic E-state index is 13.0. The highest BCUT2D eigenvalue weighted by atomic mass is 32.2. The van der Waals surface area contributed by atoms with Gasteiger partial charge >= 0.3 is 0 Å². The van der Waals surface area contributed by atoms with Gasteiger partial charge in [-0.05, 0) is 55.7 Å². The molecule has 1 aromatic heterocycles. The van der Waals surface area contributed by atoms with Crippen molar-refractivity contribution in [3.8, 4) is 0 Å². The number of sulfonamides is 1. The van der Waals surface area contributed by atoms with Crippen LogP contribution in [0.2, 0.25) is 0 Å². The molecule has 0 aliphatic heterocycles. The van der Waals surface area contributed by atoms with Gasteiger partial charge in [0.2, 0.25) is 0 Å². The fourth-order valence-corrected chi connectivity index (χ4v) is 4.18. The number of anilines is 2. The van der Waals surface area contributed by atoms with Crippen LogP contribution in [0.1, 0.15) is 42.0 Å². The number of aromatic amines is 1. The van der Waals surface area contributed by atoms with Crippen molar-refractivity contribution < 1.29 is 13.2 Å². The Morgan fingerprint density at radius 2 is 1.81 bits per heavy atom. The van der Waals surface area contributed by atoms with Gasteiger partial charge in [0.15, 0.2) is 0 Å². The Kier molecular flexibility index (Phi) is 7.53. The lowest BCUT2D eigenvalue weighted by Crippen LogP contribution is -2.24. The number of aromatic nitrogens is 2. The number of para-hydroxylation sites is 1. The van der Waals surface area contributed by atoms with Crippen molar-refractivity contribution in [2.24, 2.45) is 5.92 Å². The minimum atomic E-state index is -3.88. The molecule has 3 rings (SSSR count). The third-order valence-corrected chi connectivity index (χ3v) is 6.11. The summed E-state index contributed by atoms with van der Waals surface area (Å²) in [6.45, 7) is 7.00. The van der Waals surface area contributed by atoms with E-state index < -0.39 is 10.0 Å². The highest BCUT2D eigenvalue weighted by Gasteiger charge is 2.19. The summed E-state index contributed by atoms with van der Waals surface area (Å²) >= 11 is 0. The topological polar surface area (TPSA) is 116 Å². The summed E-state index contributed by atoms with van der Waals surface area (Å²) in [6.07, 6.45) is 0.916. The first kappa shape index (κ1) is 23.3. The van der Waals surface area contributed by atoms with E-state index in [-0.39, 0.29) is 22.9 Å². The average molecular weight is 456 g/mol. The van der Waals surface area contributed by atoms with Crippen molar-refractivity contribution in [3.63, 3.8) is 0 Å². The smallest absolute Gasteiger partial charge is 0.261 e. The van der Waals surface area contributed by atoms with E-state index in [0.29, 0.717) is 29.5 Å². The molecule has 3 aromatic rings. The highest BCUT2D eigenvalue weighted by molar-refractivity contribution is 7.92. The molecule has 1 amide bonds. The predicted octanol–water partition coefficient (Wildman–Crippen LogP) is 3.91. The lowest BCUT2D eigenvalue weighted by atomic mass is 10.1. The first-order valence-corrected chi connectivity index (χ1v) is 12.0. The van der Waals surface area contributed by atoms with Crippen LogP contribution in [-0.4, -0.2) is 31.1 Å². The second-order valence-corrected chi connectivity index (χ2v) is 9.73. The van der Waals surface area contributed by atoms with Crippen LogP contribution in [0.4, 0.5) is 11.4 Å². The third kappa shape index (κ3) is 6.58. The van der Waals surface area contributed by atoms with Gasteiger partial charge in [0.1, 0.15) is 0 Å². The second-order valence-electron chi connectivity index (χ2n) is 8.05. The van der Waals surface area contributed by atoms with Gasteiger partial charge in [-0.15, -0.1) is 0 Å². The highest BCUT2D eigenvalue weighted by Crippen LogP contribution is 2.22. The van der Waals surface area contributed by atoms with Gasteiger partial charge in [-0.25, -0.2) is 8.42 Å². The molecule has 0 atom stereocenters. The number of hydrogen-bond donors (Lipinski definition) is 4. The Labute approximate surface area is 188 Å². The van der Waals surface area contributed by atoms with Crippen molar-refractivity contribution in [2.75, 3.05) is 16.6 Å². The Morgan fingerprint density at radius 3 is 2.47 bits per heavy atom. The SMILES string of the molecule is Cc1cc(CNC(=O)c2cc(NCCC(C)C)cc(S(=O)(=O)Nc3ccccc3)c2)n[nH]1. The summed E-state index contributed by atoms with van der Waals surface area (Å²) in [5.74, 6) is 0.114. The zero-order chi connectivity index (χ0) is 23.1. The molecule has 0 fully saturated rings. The van der Waals surface area contributed by atoms with Crippen LogP contribution in [0.5, 0.6) is 0 Å². The Balaban J connectivity index is 1.85. The van der Waals surface area contributed by atoms with Gasteiger partial charge in [-0.2, -0.15) is 5.10 Å². The number of nitrogens with one attached hydrogen (secondary N) is 4. The fraction of sp³-hybridized carbons (Fsp3) is 0.304. The van der Waals surface area contributed by atoms with Crippen molar-refractivity contribution in [2.45, 2.75) is 38.6 Å². The first-order valence-electron chi connectivity index (χ1n) is 10.5. The molecule has 0 saturated heterocycles. The molecule has 0 bridgehead atoms. The quantitative estimate of drug-likeness (QED) is 0.370. The lowest BCUT2D eigenvalue weighted by Gasteiger charge is -2.14. The number of carbonyl (C=O) groups excluding carboxylic acids is 1. The molecule has 0 radical (unpaired) electrons. The zero-order valence-corrected chi connectivity index (χ0v) is 19.3. The van der Waals surface area contributed by atoms with E-state index >= 15 is 0 Å². The molecular weight excluding hydrogens is 426 g/mol. The number of hydrogen-bond acceptors (Lipinski definition) is 5. The fourth-order valence-electron chi connectivity index (χ4n) is 3.05. The Hall–Kier alpha value is -3.33. The molecule has 0 aliphatic rings. The number of aryl methyl sites for hydroxylation is 1. The zero-order valence-electron chi connectivity index (χ0n) is 18.5. The van der Waals surface area contributed by atoms with Crippen LogP contribution in [0.3, 0.4) is 0 Å². The molecule has 1 heterocycles. The molecule has 170 valence electrons. The maximum absolute atomic E-state index is 13.0.